The Morgan fingerprint density at radius 1 is 0.826 bits per heavy atom. The highest BCUT2D eigenvalue weighted by Gasteiger charge is 2.32. The van der Waals surface area contributed by atoms with E-state index in [4.69, 9.17) is 14.2 Å². The lowest BCUT2D eigenvalue weighted by Gasteiger charge is -2.31. The van der Waals surface area contributed by atoms with Crippen LogP contribution in [-0.2, 0) is 37.4 Å². The predicted molar refractivity (Wildman–Crippen MR) is 173 cm³/mol. The molecular formula is C35H37N3O7S. The summed E-state index contributed by atoms with van der Waals surface area (Å²) >= 11 is 0. The molecule has 4 aromatic rings. The Hall–Kier alpha value is -4.71. The van der Waals surface area contributed by atoms with Crippen molar-refractivity contribution in [1.82, 2.24) is 14.5 Å². The van der Waals surface area contributed by atoms with E-state index in [1.165, 1.54) is 33.5 Å². The van der Waals surface area contributed by atoms with Crippen LogP contribution in [0.5, 0.6) is 11.5 Å². The number of ether oxygens (including phenoxy) is 3. The van der Waals surface area contributed by atoms with E-state index in [0.29, 0.717) is 49.9 Å². The molecule has 240 valence electrons. The minimum absolute atomic E-state index is 0.126. The summed E-state index contributed by atoms with van der Waals surface area (Å²) in [5, 5.41) is 3.00. The number of sulfonamides is 1. The van der Waals surface area contributed by atoms with Gasteiger partial charge in [-0.2, -0.15) is 4.31 Å². The van der Waals surface area contributed by atoms with Gasteiger partial charge in [0.2, 0.25) is 15.9 Å². The van der Waals surface area contributed by atoms with Crippen LogP contribution < -0.4 is 14.8 Å². The first-order chi connectivity index (χ1) is 22.3. The number of hydrogen-bond donors (Lipinski definition) is 1. The molecule has 11 heteroatoms. The zero-order chi connectivity index (χ0) is 32.4. The monoisotopic (exact) mass is 643 g/mol. The van der Waals surface area contributed by atoms with E-state index in [0.717, 1.165) is 11.1 Å². The summed E-state index contributed by atoms with van der Waals surface area (Å²) in [5.74, 6) is 0.229. The summed E-state index contributed by atoms with van der Waals surface area (Å²) in [5.41, 5.74) is 2.37. The second-order valence-electron chi connectivity index (χ2n) is 10.7. The molecule has 0 aliphatic carbocycles. The number of nitrogens with one attached hydrogen (secondary N) is 1. The maximum absolute atomic E-state index is 14.0. The molecule has 1 aliphatic rings. The molecule has 4 aromatic carbocycles. The molecule has 1 saturated heterocycles. The summed E-state index contributed by atoms with van der Waals surface area (Å²) < 4.78 is 43.8. The second kappa shape index (κ2) is 15.5. The summed E-state index contributed by atoms with van der Waals surface area (Å²) in [7, 11) is -2.09. The zero-order valence-electron chi connectivity index (χ0n) is 25.6. The number of benzene rings is 4. The number of hydrogen-bond acceptors (Lipinski definition) is 7. The average molecular weight is 644 g/mol. The van der Waals surface area contributed by atoms with Crippen molar-refractivity contribution in [2.24, 2.45) is 0 Å². The Bertz CT molecular complexity index is 1680. The number of methoxy groups -OCH3 is 1. The van der Waals surface area contributed by atoms with Crippen LogP contribution in [0.4, 0.5) is 0 Å². The van der Waals surface area contributed by atoms with E-state index < -0.39 is 22.0 Å². The molecule has 1 aliphatic heterocycles. The molecule has 0 aromatic heterocycles. The first kappa shape index (κ1) is 32.7. The molecule has 1 N–H and O–H groups in total. The van der Waals surface area contributed by atoms with Crippen molar-refractivity contribution in [2.75, 3.05) is 40.0 Å². The highest BCUT2D eigenvalue weighted by molar-refractivity contribution is 7.89. The summed E-state index contributed by atoms with van der Waals surface area (Å²) in [4.78, 5) is 29.4. The van der Waals surface area contributed by atoms with E-state index in [2.05, 4.69) is 5.32 Å². The van der Waals surface area contributed by atoms with E-state index in [1.54, 1.807) is 19.2 Å². The Kier molecular flexibility index (Phi) is 11.0. The maximum Gasteiger partial charge on any atom is 0.261 e. The molecule has 10 nitrogen and oxygen atoms in total. The minimum atomic E-state index is -3.67. The lowest BCUT2D eigenvalue weighted by molar-refractivity contribution is -0.143. The quantitative estimate of drug-likeness (QED) is 0.233. The summed E-state index contributed by atoms with van der Waals surface area (Å²) in [6, 6.07) is 31.0. The predicted octanol–water partition coefficient (Wildman–Crippen LogP) is 4.18. The Morgan fingerprint density at radius 2 is 1.43 bits per heavy atom. The lowest BCUT2D eigenvalue weighted by Crippen LogP contribution is -2.45. The van der Waals surface area contributed by atoms with Gasteiger partial charge in [-0.25, -0.2) is 8.42 Å². The van der Waals surface area contributed by atoms with Crippen LogP contribution in [0.2, 0.25) is 0 Å². The van der Waals surface area contributed by atoms with Crippen molar-refractivity contribution < 1.29 is 32.2 Å². The van der Waals surface area contributed by atoms with Crippen LogP contribution in [0.15, 0.2) is 114 Å². The maximum atomic E-state index is 14.0. The third kappa shape index (κ3) is 8.30. The van der Waals surface area contributed by atoms with Crippen molar-refractivity contribution in [3.05, 3.63) is 126 Å². The van der Waals surface area contributed by atoms with Gasteiger partial charge >= 0.3 is 0 Å². The Morgan fingerprint density at radius 3 is 2.07 bits per heavy atom. The largest absolute Gasteiger partial charge is 0.497 e. The molecule has 46 heavy (non-hydrogen) atoms. The average Bonchev–Trinajstić information content (AvgIpc) is 3.11. The highest BCUT2D eigenvalue weighted by atomic mass is 32.2. The van der Waals surface area contributed by atoms with E-state index >= 15 is 0 Å². The standard InChI is InChI=1S/C35H37N3O7S/c1-43-30-14-12-28(13-15-30)25-38(34(29-10-6-3-7-11-29)35(40)36-24-27-8-4-2-5-9-27)33(39)26-45-31-16-18-32(19-17-31)46(41,42)37-20-22-44-23-21-37/h2-19,34H,20-26H2,1H3,(H,36,40). The van der Waals surface area contributed by atoms with Crippen LogP contribution in [0.3, 0.4) is 0 Å². The zero-order valence-corrected chi connectivity index (χ0v) is 26.4. The molecule has 5 rings (SSSR count). The number of carbonyl (C=O) groups excluding carboxylic acids is 2. The fourth-order valence-electron chi connectivity index (χ4n) is 5.11. The number of morpholine rings is 1. The highest BCUT2D eigenvalue weighted by Crippen LogP contribution is 2.26. The lowest BCUT2D eigenvalue weighted by atomic mass is 10.0. The topological polar surface area (TPSA) is 114 Å². The van der Waals surface area contributed by atoms with Crippen LogP contribution in [0, 0.1) is 0 Å². The van der Waals surface area contributed by atoms with Crippen LogP contribution in [0.25, 0.3) is 0 Å². The summed E-state index contributed by atoms with van der Waals surface area (Å²) in [6.07, 6.45) is 0. The molecule has 1 heterocycles. The van der Waals surface area contributed by atoms with Gasteiger partial charge in [-0.3, -0.25) is 9.59 Å². The molecular weight excluding hydrogens is 606 g/mol. The summed E-state index contributed by atoms with van der Waals surface area (Å²) in [6.45, 7) is 1.33. The van der Waals surface area contributed by atoms with Crippen LogP contribution >= 0.6 is 0 Å². The van der Waals surface area contributed by atoms with Gasteiger partial charge in [0.1, 0.15) is 17.5 Å². The van der Waals surface area contributed by atoms with Gasteiger partial charge in [0, 0.05) is 26.2 Å². The van der Waals surface area contributed by atoms with E-state index in [-0.39, 0.29) is 24.0 Å². The fraction of sp³-hybridized carbons (Fsp3) is 0.257. The molecule has 0 bridgehead atoms. The second-order valence-corrected chi connectivity index (χ2v) is 12.6. The van der Waals surface area contributed by atoms with Gasteiger partial charge in [-0.1, -0.05) is 72.8 Å². The van der Waals surface area contributed by atoms with Crippen molar-refractivity contribution in [2.45, 2.75) is 24.0 Å². The number of nitrogens with zero attached hydrogens (tertiary/aromatic N) is 2. The normalized spacial score (nSPS) is 14.2. The molecule has 0 radical (unpaired) electrons. The fourth-order valence-corrected chi connectivity index (χ4v) is 6.52. The van der Waals surface area contributed by atoms with Crippen molar-refractivity contribution >= 4 is 21.8 Å². The molecule has 1 atom stereocenters. The Balaban J connectivity index is 1.37. The SMILES string of the molecule is COc1ccc(CN(C(=O)COc2ccc(S(=O)(=O)N3CCOCC3)cc2)C(C(=O)NCc2ccccc2)c2ccccc2)cc1. The molecule has 0 spiro atoms. The minimum Gasteiger partial charge on any atom is -0.497 e. The number of amides is 2. The van der Waals surface area contributed by atoms with Gasteiger partial charge in [0.05, 0.1) is 25.2 Å². The number of carbonyl (C=O) groups is 2. The number of rotatable bonds is 13. The van der Waals surface area contributed by atoms with Crippen LogP contribution in [0.1, 0.15) is 22.7 Å². The van der Waals surface area contributed by atoms with E-state index in [9.17, 15) is 18.0 Å². The van der Waals surface area contributed by atoms with Crippen molar-refractivity contribution in [3.8, 4) is 11.5 Å². The van der Waals surface area contributed by atoms with Gasteiger partial charge in [-0.05, 0) is 53.1 Å². The van der Waals surface area contributed by atoms with Crippen molar-refractivity contribution in [3.63, 3.8) is 0 Å². The first-order valence-corrected chi connectivity index (χ1v) is 16.4. The van der Waals surface area contributed by atoms with Crippen molar-refractivity contribution in [1.29, 1.82) is 0 Å². The van der Waals surface area contributed by atoms with Crippen LogP contribution in [-0.4, -0.2) is 69.5 Å². The Labute approximate surface area is 269 Å². The first-order valence-electron chi connectivity index (χ1n) is 14.9. The van der Waals surface area contributed by atoms with E-state index in [1.807, 2.05) is 72.8 Å². The third-order valence-electron chi connectivity index (χ3n) is 7.61. The van der Waals surface area contributed by atoms with Gasteiger partial charge < -0.3 is 24.4 Å². The molecule has 2 amide bonds. The molecule has 0 saturated carbocycles. The van der Waals surface area contributed by atoms with Gasteiger partial charge in [-0.15, -0.1) is 0 Å². The molecule has 1 unspecified atom stereocenters. The third-order valence-corrected chi connectivity index (χ3v) is 9.52. The van der Waals surface area contributed by atoms with Gasteiger partial charge in [0.25, 0.3) is 5.91 Å². The van der Waals surface area contributed by atoms with Gasteiger partial charge in [0.15, 0.2) is 6.61 Å². The smallest absolute Gasteiger partial charge is 0.261 e. The molecule has 1 fully saturated rings.